The van der Waals surface area contributed by atoms with Crippen LogP contribution in [0.5, 0.6) is 0 Å². The Morgan fingerprint density at radius 3 is 0.910 bits per heavy atom. The molecule has 0 bridgehead atoms. The minimum absolute atomic E-state index is 0.0812. The molecule has 89 heavy (non-hydrogen) atoms. The van der Waals surface area contributed by atoms with E-state index in [1.54, 1.807) is 0 Å². The summed E-state index contributed by atoms with van der Waals surface area (Å²) in [5, 5.41) is 10.6. The predicted octanol–water partition coefficient (Wildman–Crippen LogP) is 19.1. The van der Waals surface area contributed by atoms with Gasteiger partial charge in [-0.05, 0) is 88.9 Å². The van der Waals surface area contributed by atoms with E-state index in [9.17, 15) is 43.2 Å². The first-order valence-electron chi connectivity index (χ1n) is 35.1. The molecule has 0 aliphatic carbocycles. The second-order valence-corrected chi connectivity index (χ2v) is 27.8. The van der Waals surface area contributed by atoms with Gasteiger partial charge in [-0.3, -0.25) is 37.3 Å². The Kier molecular flexibility index (Phi) is 59.2. The third kappa shape index (κ3) is 63.6. The molecule has 19 heteroatoms. The lowest BCUT2D eigenvalue weighted by atomic mass is 10.0. The normalized spacial score (nSPS) is 14.5. The highest BCUT2D eigenvalue weighted by molar-refractivity contribution is 7.47. The van der Waals surface area contributed by atoms with Gasteiger partial charge in [0, 0.05) is 25.7 Å². The molecule has 0 aliphatic rings. The number of rotatable bonds is 65. The SMILES string of the molecule is CCCCCC/C=C\C=C/CCCCCCCC(=O)OC[C@H](COP(=O)(O)OC[C@@H](O)COP(=O)(O)OC[C@@H](COC(=O)CCCCCCCCC(C)C)OC(=O)CCCCCCC/C=C\C=C/CCCCCC)OC(=O)CCCCCCCCCC(C)C. The lowest BCUT2D eigenvalue weighted by Gasteiger charge is -2.21. The number of phosphoric acid groups is 2. The summed E-state index contributed by atoms with van der Waals surface area (Å²) >= 11 is 0. The molecule has 3 N–H and O–H groups in total. The summed E-state index contributed by atoms with van der Waals surface area (Å²) < 4.78 is 68.1. The van der Waals surface area contributed by atoms with Crippen molar-refractivity contribution < 1.29 is 80.2 Å². The maximum atomic E-state index is 13.0. The van der Waals surface area contributed by atoms with Crippen molar-refractivity contribution in [2.24, 2.45) is 11.8 Å². The molecular weight excluding hydrogens is 1170 g/mol. The summed E-state index contributed by atoms with van der Waals surface area (Å²) in [5.41, 5.74) is 0. The molecule has 0 spiro atoms. The van der Waals surface area contributed by atoms with Gasteiger partial charge in [-0.25, -0.2) is 9.13 Å². The first kappa shape index (κ1) is 86.0. The molecule has 0 saturated heterocycles. The third-order valence-electron chi connectivity index (χ3n) is 15.0. The highest BCUT2D eigenvalue weighted by Gasteiger charge is 2.30. The van der Waals surface area contributed by atoms with Crippen LogP contribution in [0.3, 0.4) is 0 Å². The minimum Gasteiger partial charge on any atom is -0.462 e. The largest absolute Gasteiger partial charge is 0.472 e. The number of carbonyl (C=O) groups excluding carboxylic acids is 4. The Hall–Kier alpha value is -2.98. The van der Waals surface area contributed by atoms with Crippen molar-refractivity contribution in [3.05, 3.63) is 48.6 Å². The number of hydrogen-bond donors (Lipinski definition) is 3. The molecule has 0 aromatic heterocycles. The molecule has 2 unspecified atom stereocenters. The third-order valence-corrected chi connectivity index (χ3v) is 16.9. The lowest BCUT2D eigenvalue weighted by molar-refractivity contribution is -0.161. The number of hydrogen-bond acceptors (Lipinski definition) is 15. The van der Waals surface area contributed by atoms with Crippen LogP contribution in [0.4, 0.5) is 0 Å². The van der Waals surface area contributed by atoms with Crippen LogP contribution in [-0.2, 0) is 65.4 Å². The first-order valence-corrected chi connectivity index (χ1v) is 38.1. The first-order chi connectivity index (χ1) is 42.9. The molecular formula is C70H128O17P2. The summed E-state index contributed by atoms with van der Waals surface area (Å²) in [6.07, 6.45) is 51.9. The number of ether oxygens (including phenoxy) is 4. The molecule has 5 atom stereocenters. The predicted molar refractivity (Wildman–Crippen MR) is 358 cm³/mol. The van der Waals surface area contributed by atoms with E-state index >= 15 is 0 Å². The monoisotopic (exact) mass is 1300 g/mol. The second kappa shape index (κ2) is 61.2. The van der Waals surface area contributed by atoms with Crippen molar-refractivity contribution in [3.63, 3.8) is 0 Å². The van der Waals surface area contributed by atoms with E-state index < -0.39 is 97.5 Å². The molecule has 0 saturated carbocycles. The number of esters is 4. The Morgan fingerprint density at radius 2 is 0.607 bits per heavy atom. The zero-order valence-electron chi connectivity index (χ0n) is 56.7. The van der Waals surface area contributed by atoms with Crippen molar-refractivity contribution in [1.82, 2.24) is 0 Å². The number of allylic oxidation sites excluding steroid dienone is 8. The Morgan fingerprint density at radius 1 is 0.348 bits per heavy atom. The quantitative estimate of drug-likeness (QED) is 0.0169. The summed E-state index contributed by atoms with van der Waals surface area (Å²) in [4.78, 5) is 72.4. The van der Waals surface area contributed by atoms with Crippen LogP contribution in [-0.4, -0.2) is 96.7 Å². The molecule has 0 rings (SSSR count). The molecule has 0 amide bonds. The van der Waals surface area contributed by atoms with Crippen LogP contribution in [0.25, 0.3) is 0 Å². The van der Waals surface area contributed by atoms with Crippen LogP contribution < -0.4 is 0 Å². The number of unbranched alkanes of at least 4 members (excludes halogenated alkanes) is 29. The van der Waals surface area contributed by atoms with Crippen molar-refractivity contribution >= 4 is 39.5 Å². The summed E-state index contributed by atoms with van der Waals surface area (Å²) in [5.74, 6) is -0.826. The topological polar surface area (TPSA) is 237 Å². The lowest BCUT2D eigenvalue weighted by Crippen LogP contribution is -2.30. The van der Waals surface area contributed by atoms with Crippen LogP contribution in [0.2, 0.25) is 0 Å². The van der Waals surface area contributed by atoms with Crippen LogP contribution in [0.1, 0.15) is 305 Å². The van der Waals surface area contributed by atoms with E-state index in [-0.39, 0.29) is 25.7 Å². The van der Waals surface area contributed by atoms with Gasteiger partial charge in [0.15, 0.2) is 12.2 Å². The standard InChI is InChI=1S/C70H128O17P2/c1-7-9-11-13-15-17-19-21-23-25-27-29-33-40-46-52-67(72)80-58-65(87-70(75)55-49-43-35-31-32-38-44-50-62(3)4)60-84-88(76,77)82-56-64(71)57-83-89(78,79)85-61-66(59-81-68(73)53-47-41-37-36-39-45-51-63(5)6)86-69(74)54-48-42-34-30-28-26-24-22-20-18-16-14-12-10-8-2/h17-24,62-66,71H,7-16,25-61H2,1-6H3,(H,76,77)(H,78,79)/b19-17-,20-18-,23-21-,24-22-/t64-,65-,66-/m1/s1. The number of aliphatic hydroxyl groups is 1. The average Bonchev–Trinajstić information content (AvgIpc) is 3.65. The van der Waals surface area contributed by atoms with E-state index in [0.29, 0.717) is 37.5 Å². The maximum absolute atomic E-state index is 13.0. The van der Waals surface area contributed by atoms with Crippen molar-refractivity contribution in [2.45, 2.75) is 323 Å². The van der Waals surface area contributed by atoms with Crippen molar-refractivity contribution in [3.8, 4) is 0 Å². The Labute approximate surface area is 540 Å². The fourth-order valence-corrected chi connectivity index (χ4v) is 11.1. The van der Waals surface area contributed by atoms with E-state index in [0.717, 1.165) is 128 Å². The summed E-state index contributed by atoms with van der Waals surface area (Å²) in [7, 11) is -9.92. The number of aliphatic hydroxyl groups excluding tert-OH is 1. The van der Waals surface area contributed by atoms with Gasteiger partial charge in [-0.2, -0.15) is 0 Å². The molecule has 0 aliphatic heterocycles. The molecule has 0 aromatic carbocycles. The fraction of sp³-hybridized carbons (Fsp3) is 0.829. The Balaban J connectivity index is 5.28. The summed E-state index contributed by atoms with van der Waals surface area (Å²) in [6.45, 7) is 9.25. The van der Waals surface area contributed by atoms with Crippen molar-refractivity contribution in [1.29, 1.82) is 0 Å². The molecule has 0 heterocycles. The van der Waals surface area contributed by atoms with E-state index in [4.69, 9.17) is 37.0 Å². The number of carbonyl (C=O) groups is 4. The van der Waals surface area contributed by atoms with Gasteiger partial charge in [0.25, 0.3) is 0 Å². The van der Waals surface area contributed by atoms with Gasteiger partial charge in [0.2, 0.25) is 0 Å². The molecule has 17 nitrogen and oxygen atoms in total. The van der Waals surface area contributed by atoms with Crippen LogP contribution in [0, 0.1) is 11.8 Å². The summed E-state index contributed by atoms with van der Waals surface area (Å²) in [6, 6.07) is 0. The highest BCUT2D eigenvalue weighted by atomic mass is 31.2. The minimum atomic E-state index is -4.96. The van der Waals surface area contributed by atoms with Crippen LogP contribution in [0.15, 0.2) is 48.6 Å². The van der Waals surface area contributed by atoms with E-state index in [1.807, 2.05) is 0 Å². The highest BCUT2D eigenvalue weighted by Crippen LogP contribution is 2.45. The molecule has 0 fully saturated rings. The van der Waals surface area contributed by atoms with Gasteiger partial charge in [-0.15, -0.1) is 0 Å². The molecule has 520 valence electrons. The second-order valence-electron chi connectivity index (χ2n) is 24.8. The fourth-order valence-electron chi connectivity index (χ4n) is 9.51. The molecule has 0 aromatic rings. The van der Waals surface area contributed by atoms with E-state index in [2.05, 4.69) is 90.2 Å². The zero-order chi connectivity index (χ0) is 65.7. The average molecular weight is 1300 g/mol. The smallest absolute Gasteiger partial charge is 0.462 e. The van der Waals surface area contributed by atoms with Crippen LogP contribution >= 0.6 is 15.6 Å². The van der Waals surface area contributed by atoms with Gasteiger partial charge in [0.05, 0.1) is 26.4 Å². The maximum Gasteiger partial charge on any atom is 0.472 e. The van der Waals surface area contributed by atoms with E-state index in [1.165, 1.54) is 83.5 Å². The Bertz CT molecular complexity index is 1920. The van der Waals surface area contributed by atoms with Gasteiger partial charge < -0.3 is 33.8 Å². The number of phosphoric ester groups is 2. The molecule has 0 radical (unpaired) electrons. The van der Waals surface area contributed by atoms with Crippen molar-refractivity contribution in [2.75, 3.05) is 39.6 Å². The zero-order valence-corrected chi connectivity index (χ0v) is 58.5. The van der Waals surface area contributed by atoms with Gasteiger partial charge >= 0.3 is 39.5 Å². The van der Waals surface area contributed by atoms with Gasteiger partial charge in [-0.1, -0.05) is 251 Å². The van der Waals surface area contributed by atoms with Gasteiger partial charge in [0.1, 0.15) is 19.3 Å².